The monoisotopic (exact) mass is 334 g/mol. The van der Waals surface area contributed by atoms with E-state index in [1.54, 1.807) is 11.3 Å². The Hall–Kier alpha value is -0.870. The van der Waals surface area contributed by atoms with Crippen LogP contribution in [0.2, 0.25) is 0 Å². The summed E-state index contributed by atoms with van der Waals surface area (Å²) in [4.78, 5) is 17.9. The summed E-state index contributed by atoms with van der Waals surface area (Å²) in [5.41, 5.74) is 6.39. The lowest BCUT2D eigenvalue weighted by Gasteiger charge is -2.45. The number of hydrogen-bond donors (Lipinski definition) is 1. The molecule has 3 nitrogen and oxygen atoms in total. The molecule has 1 aromatic heterocycles. The maximum atomic E-state index is 13.2. The smallest absolute Gasteiger partial charge is 0.226 e. The quantitative estimate of drug-likeness (QED) is 0.906. The zero-order valence-corrected chi connectivity index (χ0v) is 15.4. The predicted octanol–water partition coefficient (Wildman–Crippen LogP) is 3.95. The van der Waals surface area contributed by atoms with E-state index in [1.165, 1.54) is 29.0 Å². The van der Waals surface area contributed by atoms with Gasteiger partial charge in [0.15, 0.2) is 0 Å². The lowest BCUT2D eigenvalue weighted by molar-refractivity contribution is -0.141. The minimum Gasteiger partial charge on any atom is -0.335 e. The van der Waals surface area contributed by atoms with Crippen molar-refractivity contribution < 1.29 is 4.79 Å². The van der Waals surface area contributed by atoms with Crippen LogP contribution in [-0.2, 0) is 11.3 Å². The number of nitrogens with zero attached hydrogens (tertiary/aromatic N) is 1. The molecule has 2 fully saturated rings. The van der Waals surface area contributed by atoms with Crippen molar-refractivity contribution in [3.63, 3.8) is 0 Å². The maximum absolute atomic E-state index is 13.2. The van der Waals surface area contributed by atoms with Gasteiger partial charge in [0.1, 0.15) is 0 Å². The number of carbonyl (C=O) groups is 1. The van der Waals surface area contributed by atoms with Gasteiger partial charge in [0.05, 0.1) is 6.54 Å². The fourth-order valence-corrected chi connectivity index (χ4v) is 5.37. The maximum Gasteiger partial charge on any atom is 0.226 e. The van der Waals surface area contributed by atoms with Crippen molar-refractivity contribution in [2.45, 2.75) is 71.5 Å². The molecule has 0 aliphatic heterocycles. The van der Waals surface area contributed by atoms with Crippen LogP contribution in [-0.4, -0.2) is 22.9 Å². The second-order valence-corrected chi connectivity index (χ2v) is 9.14. The fraction of sp³-hybridized carbons (Fsp3) is 0.737. The molecule has 0 radical (unpaired) electrons. The van der Waals surface area contributed by atoms with Crippen molar-refractivity contribution in [1.29, 1.82) is 0 Å². The lowest BCUT2D eigenvalue weighted by atomic mass is 9.65. The second kappa shape index (κ2) is 6.94. The van der Waals surface area contributed by atoms with Gasteiger partial charge in [-0.25, -0.2) is 0 Å². The van der Waals surface area contributed by atoms with Crippen LogP contribution in [0, 0.1) is 24.7 Å². The van der Waals surface area contributed by atoms with Gasteiger partial charge in [0.25, 0.3) is 0 Å². The molecule has 2 aliphatic rings. The summed E-state index contributed by atoms with van der Waals surface area (Å²) >= 11 is 1.80. The number of hydrogen-bond acceptors (Lipinski definition) is 3. The van der Waals surface area contributed by atoms with Gasteiger partial charge < -0.3 is 10.6 Å². The van der Waals surface area contributed by atoms with E-state index in [4.69, 9.17) is 5.73 Å². The highest BCUT2D eigenvalue weighted by Crippen LogP contribution is 2.42. The number of fused-ring (bicyclic) bond motifs is 2. The van der Waals surface area contributed by atoms with E-state index < -0.39 is 0 Å². The van der Waals surface area contributed by atoms with Crippen LogP contribution in [0.4, 0.5) is 0 Å². The molecule has 1 amide bonds. The molecule has 1 heterocycles. The van der Waals surface area contributed by atoms with Gasteiger partial charge in [-0.15, -0.1) is 11.3 Å². The van der Waals surface area contributed by atoms with Crippen LogP contribution in [0.1, 0.15) is 55.7 Å². The first-order chi connectivity index (χ1) is 11.0. The van der Waals surface area contributed by atoms with Crippen molar-refractivity contribution in [2.24, 2.45) is 23.5 Å². The SMILES string of the molecule is Cc1ccc(CN(C(=O)C2CC3CCCC(C2)C3N)C(C)C)s1. The molecule has 2 atom stereocenters. The van der Waals surface area contributed by atoms with Gasteiger partial charge in [-0.1, -0.05) is 6.42 Å². The number of thiophene rings is 1. The van der Waals surface area contributed by atoms with E-state index in [1.807, 2.05) is 0 Å². The molecule has 1 aromatic rings. The normalized spacial score (nSPS) is 30.5. The summed E-state index contributed by atoms with van der Waals surface area (Å²) in [6.07, 6.45) is 5.74. The highest BCUT2D eigenvalue weighted by molar-refractivity contribution is 7.11. The average Bonchev–Trinajstić information content (AvgIpc) is 2.89. The molecule has 2 bridgehead atoms. The molecule has 23 heavy (non-hydrogen) atoms. The molecule has 2 unspecified atom stereocenters. The van der Waals surface area contributed by atoms with E-state index in [0.29, 0.717) is 23.8 Å². The Balaban J connectivity index is 1.71. The van der Waals surface area contributed by atoms with Gasteiger partial charge in [0, 0.05) is 27.8 Å². The predicted molar refractivity (Wildman–Crippen MR) is 96.3 cm³/mol. The van der Waals surface area contributed by atoms with Crippen molar-refractivity contribution in [1.82, 2.24) is 4.90 Å². The fourth-order valence-electron chi connectivity index (χ4n) is 4.48. The van der Waals surface area contributed by atoms with Crippen LogP contribution >= 0.6 is 11.3 Å². The van der Waals surface area contributed by atoms with Gasteiger partial charge in [-0.2, -0.15) is 0 Å². The Morgan fingerprint density at radius 2 is 1.96 bits per heavy atom. The zero-order valence-electron chi connectivity index (χ0n) is 14.6. The van der Waals surface area contributed by atoms with Crippen molar-refractivity contribution in [2.75, 3.05) is 0 Å². The van der Waals surface area contributed by atoms with Gasteiger partial charge in [-0.3, -0.25) is 4.79 Å². The molecule has 2 saturated carbocycles. The number of carbonyl (C=O) groups excluding carboxylic acids is 1. The molecule has 2 aliphatic carbocycles. The van der Waals surface area contributed by atoms with Crippen molar-refractivity contribution in [3.8, 4) is 0 Å². The summed E-state index contributed by atoms with van der Waals surface area (Å²) in [7, 11) is 0. The number of amides is 1. The molecule has 3 rings (SSSR count). The second-order valence-electron chi connectivity index (χ2n) is 7.77. The minimum absolute atomic E-state index is 0.188. The van der Waals surface area contributed by atoms with Crippen LogP contribution in [0.25, 0.3) is 0 Å². The third-order valence-corrected chi connectivity index (χ3v) is 6.78. The van der Waals surface area contributed by atoms with Crippen LogP contribution in [0.15, 0.2) is 12.1 Å². The Morgan fingerprint density at radius 3 is 2.48 bits per heavy atom. The first-order valence-electron chi connectivity index (χ1n) is 9.07. The highest BCUT2D eigenvalue weighted by Gasteiger charge is 2.41. The van der Waals surface area contributed by atoms with Gasteiger partial charge in [-0.05, 0) is 70.4 Å². The average molecular weight is 335 g/mol. The lowest BCUT2D eigenvalue weighted by Crippen LogP contribution is -2.50. The zero-order chi connectivity index (χ0) is 16.6. The Kier molecular flexibility index (Phi) is 5.12. The first kappa shape index (κ1) is 17.0. The summed E-state index contributed by atoms with van der Waals surface area (Å²) in [5.74, 6) is 1.67. The van der Waals surface area contributed by atoms with Gasteiger partial charge >= 0.3 is 0 Å². The van der Waals surface area contributed by atoms with Crippen LogP contribution in [0.5, 0.6) is 0 Å². The summed E-state index contributed by atoms with van der Waals surface area (Å²) in [6, 6.07) is 4.89. The minimum atomic E-state index is 0.188. The molecule has 2 N–H and O–H groups in total. The van der Waals surface area contributed by atoms with E-state index in [-0.39, 0.29) is 12.0 Å². The third kappa shape index (κ3) is 3.63. The Morgan fingerprint density at radius 1 is 1.30 bits per heavy atom. The van der Waals surface area contributed by atoms with E-state index in [0.717, 1.165) is 19.4 Å². The molecule has 0 spiro atoms. The van der Waals surface area contributed by atoms with E-state index in [2.05, 4.69) is 37.8 Å². The summed E-state index contributed by atoms with van der Waals surface area (Å²) in [6.45, 7) is 7.15. The Bertz CT molecular complexity index is 539. The molecular formula is C19H30N2OS. The van der Waals surface area contributed by atoms with E-state index in [9.17, 15) is 4.79 Å². The van der Waals surface area contributed by atoms with Gasteiger partial charge in [0.2, 0.25) is 5.91 Å². The van der Waals surface area contributed by atoms with Crippen molar-refractivity contribution in [3.05, 3.63) is 21.9 Å². The molecule has 0 aromatic carbocycles. The topological polar surface area (TPSA) is 46.3 Å². The standard InChI is InChI=1S/C19H30N2OS/c1-12(2)21(11-17-8-7-13(3)23-17)19(22)16-9-14-5-4-6-15(10-16)18(14)20/h7-8,12,14-16,18H,4-6,9-11,20H2,1-3H3. The largest absolute Gasteiger partial charge is 0.335 e. The number of aryl methyl sites for hydroxylation is 1. The highest BCUT2D eigenvalue weighted by atomic mass is 32.1. The van der Waals surface area contributed by atoms with E-state index >= 15 is 0 Å². The van der Waals surface area contributed by atoms with Crippen LogP contribution < -0.4 is 5.73 Å². The molecule has 128 valence electrons. The number of nitrogens with two attached hydrogens (primary N) is 1. The number of rotatable bonds is 4. The molecular weight excluding hydrogens is 304 g/mol. The Labute approximate surface area is 144 Å². The van der Waals surface area contributed by atoms with Crippen LogP contribution in [0.3, 0.4) is 0 Å². The third-order valence-electron chi connectivity index (χ3n) is 5.79. The molecule has 0 saturated heterocycles. The summed E-state index contributed by atoms with van der Waals surface area (Å²) in [5, 5.41) is 0. The summed E-state index contributed by atoms with van der Waals surface area (Å²) < 4.78 is 0. The first-order valence-corrected chi connectivity index (χ1v) is 9.88. The van der Waals surface area contributed by atoms with Crippen molar-refractivity contribution >= 4 is 17.2 Å². The molecule has 4 heteroatoms.